The van der Waals surface area contributed by atoms with Crippen molar-refractivity contribution in [2.24, 2.45) is 5.84 Å². The number of aryl methyl sites for hydroxylation is 1. The lowest BCUT2D eigenvalue weighted by Crippen LogP contribution is -2.54. The molecule has 2 unspecified atom stereocenters. The summed E-state index contributed by atoms with van der Waals surface area (Å²) in [5, 5.41) is 0. The molecule has 0 aromatic heterocycles. The van der Waals surface area contributed by atoms with Gasteiger partial charge in [-0.3, -0.25) is 16.2 Å². The standard InChI is InChI=1S/C17H29N3/c1-4-14-9-8-10-15(13-14)16(19-18)17(3,5-2)20-11-6-7-12-20/h8-10,13,16,19H,4-7,11-12,18H2,1-3H3. The zero-order valence-corrected chi connectivity index (χ0v) is 13.2. The summed E-state index contributed by atoms with van der Waals surface area (Å²) >= 11 is 0. The summed E-state index contributed by atoms with van der Waals surface area (Å²) in [5.74, 6) is 5.95. The molecule has 1 aromatic rings. The third kappa shape index (κ3) is 2.90. The third-order valence-corrected chi connectivity index (χ3v) is 5.03. The number of hydrogen-bond donors (Lipinski definition) is 2. The molecule has 0 aliphatic carbocycles. The summed E-state index contributed by atoms with van der Waals surface area (Å²) in [5.41, 5.74) is 5.86. The summed E-state index contributed by atoms with van der Waals surface area (Å²) in [6.07, 6.45) is 4.78. The van der Waals surface area contributed by atoms with Crippen LogP contribution in [-0.2, 0) is 6.42 Å². The molecule has 112 valence electrons. The van der Waals surface area contributed by atoms with Gasteiger partial charge >= 0.3 is 0 Å². The van der Waals surface area contributed by atoms with Crippen LogP contribution in [0.15, 0.2) is 24.3 Å². The van der Waals surface area contributed by atoms with E-state index >= 15 is 0 Å². The van der Waals surface area contributed by atoms with Gasteiger partial charge in [-0.2, -0.15) is 0 Å². The molecule has 2 rings (SSSR count). The molecule has 0 radical (unpaired) electrons. The Hall–Kier alpha value is -0.900. The number of hydrazine groups is 1. The van der Waals surface area contributed by atoms with Gasteiger partial charge in [-0.05, 0) is 56.8 Å². The summed E-state index contributed by atoms with van der Waals surface area (Å²) in [6.45, 7) is 9.20. The van der Waals surface area contributed by atoms with Crippen LogP contribution in [0.1, 0.15) is 57.2 Å². The SMILES string of the molecule is CCc1cccc(C(NN)C(C)(CC)N2CCCC2)c1. The minimum Gasteiger partial charge on any atom is -0.296 e. The van der Waals surface area contributed by atoms with Crippen molar-refractivity contribution in [2.45, 2.75) is 58.0 Å². The predicted molar refractivity (Wildman–Crippen MR) is 85.4 cm³/mol. The molecular formula is C17H29N3. The van der Waals surface area contributed by atoms with Crippen molar-refractivity contribution in [3.8, 4) is 0 Å². The Morgan fingerprint density at radius 2 is 2.00 bits per heavy atom. The van der Waals surface area contributed by atoms with Crippen molar-refractivity contribution < 1.29 is 0 Å². The first-order valence-corrected chi connectivity index (χ1v) is 7.95. The number of nitrogens with zero attached hydrogens (tertiary/aromatic N) is 1. The normalized spacial score (nSPS) is 20.8. The van der Waals surface area contributed by atoms with Gasteiger partial charge in [0.1, 0.15) is 0 Å². The van der Waals surface area contributed by atoms with E-state index in [9.17, 15) is 0 Å². The molecule has 3 heteroatoms. The number of likely N-dealkylation sites (tertiary alicyclic amines) is 1. The Labute approximate surface area is 123 Å². The molecule has 3 N–H and O–H groups in total. The maximum Gasteiger partial charge on any atom is 0.0641 e. The van der Waals surface area contributed by atoms with Gasteiger partial charge in [0, 0.05) is 5.54 Å². The Kier molecular flexibility index (Phi) is 5.19. The zero-order valence-electron chi connectivity index (χ0n) is 13.2. The van der Waals surface area contributed by atoms with Crippen LogP contribution >= 0.6 is 0 Å². The highest BCUT2D eigenvalue weighted by Gasteiger charge is 2.39. The summed E-state index contributed by atoms with van der Waals surface area (Å²) < 4.78 is 0. The lowest BCUT2D eigenvalue weighted by Gasteiger charge is -2.44. The van der Waals surface area contributed by atoms with E-state index in [1.54, 1.807) is 0 Å². The number of nitrogens with two attached hydrogens (primary N) is 1. The van der Waals surface area contributed by atoms with Crippen molar-refractivity contribution in [3.63, 3.8) is 0 Å². The fraction of sp³-hybridized carbons (Fsp3) is 0.647. The van der Waals surface area contributed by atoms with Gasteiger partial charge in [0.2, 0.25) is 0 Å². The van der Waals surface area contributed by atoms with Crippen LogP contribution in [0.5, 0.6) is 0 Å². The molecule has 0 amide bonds. The molecular weight excluding hydrogens is 246 g/mol. The Morgan fingerprint density at radius 1 is 1.30 bits per heavy atom. The van der Waals surface area contributed by atoms with Crippen molar-refractivity contribution >= 4 is 0 Å². The van der Waals surface area contributed by atoms with Crippen LogP contribution in [0.25, 0.3) is 0 Å². The van der Waals surface area contributed by atoms with Crippen LogP contribution in [0, 0.1) is 0 Å². The minimum absolute atomic E-state index is 0.0810. The molecule has 20 heavy (non-hydrogen) atoms. The van der Waals surface area contributed by atoms with E-state index < -0.39 is 0 Å². The topological polar surface area (TPSA) is 41.3 Å². The largest absolute Gasteiger partial charge is 0.296 e. The van der Waals surface area contributed by atoms with Gasteiger partial charge < -0.3 is 0 Å². The molecule has 1 saturated heterocycles. The predicted octanol–water partition coefficient (Wildman–Crippen LogP) is 3.02. The molecule has 1 aliphatic rings. The average molecular weight is 275 g/mol. The Bertz CT molecular complexity index is 426. The zero-order chi connectivity index (χ0) is 14.6. The highest BCUT2D eigenvalue weighted by molar-refractivity contribution is 5.28. The second kappa shape index (κ2) is 6.70. The number of rotatable bonds is 6. The van der Waals surface area contributed by atoms with Crippen LogP contribution in [0.2, 0.25) is 0 Å². The van der Waals surface area contributed by atoms with Gasteiger partial charge in [0.05, 0.1) is 6.04 Å². The molecule has 2 atom stereocenters. The van der Waals surface area contributed by atoms with E-state index in [0.29, 0.717) is 0 Å². The third-order valence-electron chi connectivity index (χ3n) is 5.03. The lowest BCUT2D eigenvalue weighted by molar-refractivity contribution is 0.0840. The van der Waals surface area contributed by atoms with E-state index in [-0.39, 0.29) is 11.6 Å². The quantitative estimate of drug-likeness (QED) is 0.619. The Morgan fingerprint density at radius 3 is 2.55 bits per heavy atom. The maximum absolute atomic E-state index is 5.95. The molecule has 1 heterocycles. The van der Waals surface area contributed by atoms with Gasteiger partial charge in [-0.15, -0.1) is 0 Å². The number of hydrogen-bond acceptors (Lipinski definition) is 3. The number of benzene rings is 1. The fourth-order valence-corrected chi connectivity index (χ4v) is 3.47. The monoisotopic (exact) mass is 275 g/mol. The highest BCUT2D eigenvalue weighted by Crippen LogP contribution is 2.36. The number of nitrogens with one attached hydrogen (secondary N) is 1. The van der Waals surface area contributed by atoms with Crippen LogP contribution in [0.4, 0.5) is 0 Å². The first kappa shape index (κ1) is 15.5. The van der Waals surface area contributed by atoms with Crippen molar-refractivity contribution in [1.82, 2.24) is 10.3 Å². The van der Waals surface area contributed by atoms with E-state index in [0.717, 1.165) is 12.8 Å². The van der Waals surface area contributed by atoms with Crippen LogP contribution in [-0.4, -0.2) is 23.5 Å². The molecule has 0 spiro atoms. The maximum atomic E-state index is 5.95. The molecule has 1 aromatic carbocycles. The highest BCUT2D eigenvalue weighted by atomic mass is 15.3. The minimum atomic E-state index is 0.0810. The van der Waals surface area contributed by atoms with Gasteiger partial charge in [0.25, 0.3) is 0 Å². The second-order valence-electron chi connectivity index (χ2n) is 6.10. The Balaban J connectivity index is 2.32. The first-order chi connectivity index (χ1) is 9.65. The van der Waals surface area contributed by atoms with E-state index in [1.165, 1.54) is 37.1 Å². The molecule has 1 aliphatic heterocycles. The van der Waals surface area contributed by atoms with Crippen LogP contribution in [0.3, 0.4) is 0 Å². The first-order valence-electron chi connectivity index (χ1n) is 7.95. The van der Waals surface area contributed by atoms with Gasteiger partial charge in [-0.1, -0.05) is 38.1 Å². The fourth-order valence-electron chi connectivity index (χ4n) is 3.47. The van der Waals surface area contributed by atoms with Gasteiger partial charge in [0.15, 0.2) is 0 Å². The smallest absolute Gasteiger partial charge is 0.0641 e. The summed E-state index contributed by atoms with van der Waals surface area (Å²) in [4.78, 5) is 2.61. The summed E-state index contributed by atoms with van der Waals surface area (Å²) in [7, 11) is 0. The van der Waals surface area contributed by atoms with E-state index in [4.69, 9.17) is 5.84 Å². The molecule has 0 saturated carbocycles. The van der Waals surface area contributed by atoms with Crippen LogP contribution < -0.4 is 11.3 Å². The van der Waals surface area contributed by atoms with Crippen molar-refractivity contribution in [3.05, 3.63) is 35.4 Å². The van der Waals surface area contributed by atoms with Crippen molar-refractivity contribution in [2.75, 3.05) is 13.1 Å². The second-order valence-corrected chi connectivity index (χ2v) is 6.10. The molecule has 1 fully saturated rings. The lowest BCUT2D eigenvalue weighted by atomic mass is 9.83. The molecule has 3 nitrogen and oxygen atoms in total. The van der Waals surface area contributed by atoms with E-state index in [1.807, 2.05) is 0 Å². The van der Waals surface area contributed by atoms with Crippen molar-refractivity contribution in [1.29, 1.82) is 0 Å². The average Bonchev–Trinajstić information content (AvgIpc) is 3.02. The van der Waals surface area contributed by atoms with Gasteiger partial charge in [-0.25, -0.2) is 0 Å². The molecule has 0 bridgehead atoms. The van der Waals surface area contributed by atoms with E-state index in [2.05, 4.69) is 55.4 Å². The summed E-state index contributed by atoms with van der Waals surface area (Å²) in [6, 6.07) is 9.02.